The Kier molecular flexibility index (Phi) is 7.98. The third-order valence-electron chi connectivity index (χ3n) is 6.59. The summed E-state index contributed by atoms with van der Waals surface area (Å²) in [6, 6.07) is 11.4. The summed E-state index contributed by atoms with van der Waals surface area (Å²) in [6.45, 7) is 0. The number of aromatic nitrogens is 5. The summed E-state index contributed by atoms with van der Waals surface area (Å²) in [6.07, 6.45) is -2.17. The topological polar surface area (TPSA) is 153 Å². The van der Waals surface area contributed by atoms with E-state index in [1.54, 1.807) is 28.8 Å². The molecule has 0 amide bonds. The van der Waals surface area contributed by atoms with Gasteiger partial charge in [-0.25, -0.2) is 14.6 Å². The first kappa shape index (κ1) is 29.8. The molecule has 222 valence electrons. The molecule has 2 aliphatic rings. The van der Waals surface area contributed by atoms with Gasteiger partial charge >= 0.3 is 18.1 Å². The largest absolute Gasteiger partial charge is 0.490 e. The van der Waals surface area contributed by atoms with E-state index in [9.17, 15) is 32.3 Å². The number of allylic oxidation sites excluding steroid dienone is 1. The van der Waals surface area contributed by atoms with Gasteiger partial charge in [0.05, 0.1) is 11.7 Å². The van der Waals surface area contributed by atoms with Crippen molar-refractivity contribution < 1.29 is 37.4 Å². The van der Waals surface area contributed by atoms with Gasteiger partial charge in [0.25, 0.3) is 5.56 Å². The number of hydrogen-bond acceptors (Lipinski definition) is 8. The molecule has 6 rings (SSSR count). The zero-order chi connectivity index (χ0) is 31.1. The van der Waals surface area contributed by atoms with Crippen LogP contribution in [-0.4, -0.2) is 58.8 Å². The molecule has 0 bridgehead atoms. The first-order chi connectivity index (χ1) is 20.3. The molecule has 43 heavy (non-hydrogen) atoms. The highest BCUT2D eigenvalue weighted by molar-refractivity contribution is 7.15. The molecule has 4 aromatic rings. The van der Waals surface area contributed by atoms with E-state index in [2.05, 4.69) is 20.5 Å². The van der Waals surface area contributed by atoms with Crippen molar-refractivity contribution >= 4 is 46.2 Å². The summed E-state index contributed by atoms with van der Waals surface area (Å²) < 4.78 is 49.7. The molecule has 0 saturated carbocycles. The zero-order valence-electron chi connectivity index (χ0n) is 21.4. The van der Waals surface area contributed by atoms with E-state index >= 15 is 0 Å². The summed E-state index contributed by atoms with van der Waals surface area (Å²) in [5.74, 6) is -4.44. The molecule has 0 saturated heterocycles. The Morgan fingerprint density at radius 1 is 1.09 bits per heavy atom. The number of thiophene rings is 1. The number of halogens is 5. The Morgan fingerprint density at radius 3 is 2.47 bits per heavy atom. The molecule has 0 spiro atoms. The number of benzene rings is 1. The van der Waals surface area contributed by atoms with Gasteiger partial charge in [0, 0.05) is 44.9 Å². The van der Waals surface area contributed by atoms with Gasteiger partial charge in [-0.3, -0.25) is 4.79 Å². The number of aromatic carboxylic acids is 1. The number of fused-ring (bicyclic) bond motifs is 1. The lowest BCUT2D eigenvalue weighted by atomic mass is 10.0. The zero-order valence-corrected chi connectivity index (χ0v) is 23.0. The molecule has 3 aromatic heterocycles. The van der Waals surface area contributed by atoms with Crippen LogP contribution in [-0.2, 0) is 11.2 Å². The first-order valence-electron chi connectivity index (χ1n) is 12.2. The van der Waals surface area contributed by atoms with E-state index in [-0.39, 0.29) is 22.9 Å². The molecule has 2 aliphatic heterocycles. The second-order valence-corrected chi connectivity index (χ2v) is 10.8. The summed E-state index contributed by atoms with van der Waals surface area (Å²) in [5.41, 5.74) is 3.55. The van der Waals surface area contributed by atoms with Crippen LogP contribution in [0.3, 0.4) is 0 Å². The molecule has 1 atom stereocenters. The van der Waals surface area contributed by atoms with Gasteiger partial charge in [-0.1, -0.05) is 11.6 Å². The number of aliphatic imine (C=N–C) groups is 1. The number of hydrogen-bond donors (Lipinski definition) is 2. The van der Waals surface area contributed by atoms with Crippen LogP contribution in [0.5, 0.6) is 0 Å². The fourth-order valence-corrected chi connectivity index (χ4v) is 5.81. The Morgan fingerprint density at radius 2 is 1.84 bits per heavy atom. The smallest absolute Gasteiger partial charge is 0.477 e. The van der Waals surface area contributed by atoms with E-state index in [0.717, 1.165) is 17.0 Å². The molecule has 0 aliphatic carbocycles. The third-order valence-corrected chi connectivity index (χ3v) is 7.96. The van der Waals surface area contributed by atoms with Crippen molar-refractivity contribution in [2.45, 2.75) is 31.5 Å². The molecular weight excluding hydrogens is 620 g/mol. The SMILES string of the molecule is O=C(O)C(F)(F)F.O=C(O)c1ccc(C2=C(F)N=C([C@@H]3CCc4cc(-c5cc(Cl)ccc5-n5cnnn5)cc(=O)n43)C2)s1. The first-order valence-corrected chi connectivity index (χ1v) is 13.4. The van der Waals surface area contributed by atoms with Gasteiger partial charge in [-0.2, -0.15) is 22.2 Å². The van der Waals surface area contributed by atoms with Gasteiger partial charge in [-0.15, -0.1) is 16.4 Å². The highest BCUT2D eigenvalue weighted by atomic mass is 35.5. The molecule has 1 aromatic carbocycles. The summed E-state index contributed by atoms with van der Waals surface area (Å²) in [7, 11) is 0. The molecule has 5 heterocycles. The van der Waals surface area contributed by atoms with Crippen LogP contribution in [0.25, 0.3) is 22.4 Å². The lowest BCUT2D eigenvalue weighted by Gasteiger charge is -2.16. The van der Waals surface area contributed by atoms with Gasteiger partial charge < -0.3 is 14.8 Å². The lowest BCUT2D eigenvalue weighted by Crippen LogP contribution is -2.27. The van der Waals surface area contributed by atoms with E-state index in [0.29, 0.717) is 50.8 Å². The van der Waals surface area contributed by atoms with E-state index in [4.69, 9.17) is 21.5 Å². The maximum atomic E-state index is 14.8. The number of rotatable bonds is 5. The van der Waals surface area contributed by atoms with Gasteiger partial charge in [0.1, 0.15) is 11.2 Å². The van der Waals surface area contributed by atoms with E-state index in [1.807, 2.05) is 6.07 Å². The third kappa shape index (κ3) is 6.10. The van der Waals surface area contributed by atoms with Crippen LogP contribution >= 0.6 is 22.9 Å². The molecule has 17 heteroatoms. The maximum Gasteiger partial charge on any atom is 0.490 e. The number of nitrogens with zero attached hydrogens (tertiary/aromatic N) is 6. The van der Waals surface area contributed by atoms with E-state index in [1.165, 1.54) is 23.1 Å². The van der Waals surface area contributed by atoms with Crippen molar-refractivity contribution in [2.24, 2.45) is 4.99 Å². The molecule has 2 N–H and O–H groups in total. The van der Waals surface area contributed by atoms with Crippen molar-refractivity contribution in [3.8, 4) is 16.8 Å². The number of carboxylic acid groups (broad SMARTS) is 2. The normalized spacial score (nSPS) is 16.0. The number of alkyl halides is 3. The van der Waals surface area contributed by atoms with Crippen LogP contribution in [0, 0.1) is 0 Å². The Bertz CT molecular complexity index is 1870. The highest BCUT2D eigenvalue weighted by Gasteiger charge is 2.38. The van der Waals surface area contributed by atoms with Crippen molar-refractivity contribution in [3.05, 3.63) is 85.6 Å². The number of aryl methyl sites for hydroxylation is 1. The number of carboxylic acids is 2. The van der Waals surface area contributed by atoms with E-state index < -0.39 is 24.1 Å². The Balaban J connectivity index is 0.000000472. The standard InChI is InChI=1S/C24H16ClFN6O3S.C2HF3O2/c25-13-1-3-18(31-11-27-29-30-31)15(9-13)12-7-14-2-4-19(32(14)22(33)8-12)17-10-16(23(26)28-17)20-5-6-21(36-20)24(34)35;3-2(4,5)1(6)7/h1,3,5-9,11,19H,2,4,10H2,(H,34,35);(H,6,7)/t19-;/m0./s1. The summed E-state index contributed by atoms with van der Waals surface area (Å²) in [4.78, 5) is 38.2. The minimum absolute atomic E-state index is 0.135. The minimum Gasteiger partial charge on any atom is -0.477 e. The monoisotopic (exact) mass is 636 g/mol. The van der Waals surface area contributed by atoms with Crippen LogP contribution in [0.1, 0.15) is 39.1 Å². The van der Waals surface area contributed by atoms with Gasteiger partial charge in [0.2, 0.25) is 5.95 Å². The predicted octanol–water partition coefficient (Wildman–Crippen LogP) is 5.21. The van der Waals surface area contributed by atoms with Crippen molar-refractivity contribution in [3.63, 3.8) is 0 Å². The fraction of sp³-hybridized carbons (Fsp3) is 0.192. The van der Waals surface area contributed by atoms with Crippen LogP contribution < -0.4 is 5.56 Å². The van der Waals surface area contributed by atoms with Crippen LogP contribution in [0.2, 0.25) is 5.02 Å². The molecule has 0 unspecified atom stereocenters. The van der Waals surface area contributed by atoms with Crippen molar-refractivity contribution in [1.82, 2.24) is 24.8 Å². The summed E-state index contributed by atoms with van der Waals surface area (Å²) >= 11 is 7.27. The molecule has 11 nitrogen and oxygen atoms in total. The number of aliphatic carboxylic acids is 1. The quantitative estimate of drug-likeness (QED) is 0.224. The summed E-state index contributed by atoms with van der Waals surface area (Å²) in [5, 5.41) is 28.1. The molecule has 0 fully saturated rings. The van der Waals surface area contributed by atoms with Crippen LogP contribution in [0.15, 0.2) is 64.5 Å². The average Bonchev–Trinajstić information content (AvgIpc) is 3.74. The maximum absolute atomic E-state index is 14.8. The number of tetrazole rings is 1. The predicted molar refractivity (Wildman–Crippen MR) is 146 cm³/mol. The number of pyridine rings is 1. The number of carbonyl (C=O) groups is 2. The lowest BCUT2D eigenvalue weighted by molar-refractivity contribution is -0.192. The Labute approximate surface area is 247 Å². The van der Waals surface area contributed by atoms with Crippen LogP contribution in [0.4, 0.5) is 17.6 Å². The van der Waals surface area contributed by atoms with Gasteiger partial charge in [-0.05, 0) is 65.2 Å². The Hall–Kier alpha value is -4.70. The van der Waals surface area contributed by atoms with Crippen molar-refractivity contribution in [2.75, 3.05) is 0 Å². The van der Waals surface area contributed by atoms with Crippen molar-refractivity contribution in [1.29, 1.82) is 0 Å². The molecular formula is C26H17ClF4N6O5S. The fourth-order valence-electron chi connectivity index (χ4n) is 4.76. The second kappa shape index (κ2) is 11.5. The average molecular weight is 637 g/mol. The second-order valence-electron chi connectivity index (χ2n) is 9.24. The van der Waals surface area contributed by atoms with Gasteiger partial charge in [0.15, 0.2) is 0 Å². The minimum atomic E-state index is -5.08. The molecule has 0 radical (unpaired) electrons. The highest BCUT2D eigenvalue weighted by Crippen LogP contribution is 2.40.